The number of aryl methyl sites for hydroxylation is 1. The van der Waals surface area contributed by atoms with Crippen molar-refractivity contribution in [1.29, 1.82) is 0 Å². The van der Waals surface area contributed by atoms with Gasteiger partial charge in [0.1, 0.15) is 11.4 Å². The second-order valence-electron chi connectivity index (χ2n) is 8.02. The molecule has 0 atom stereocenters. The summed E-state index contributed by atoms with van der Waals surface area (Å²) in [5.41, 5.74) is 4.20. The maximum Gasteiger partial charge on any atom is 0.255 e. The molecule has 0 radical (unpaired) electrons. The monoisotopic (exact) mass is 488 g/mol. The SMILES string of the molecule is COc1ccc(C)cc1NC(=O)CNC(=O)c1cn(Cc2ccccc2)nc1-c1ccc(Cl)cc1. The van der Waals surface area contributed by atoms with Gasteiger partial charge < -0.3 is 15.4 Å². The van der Waals surface area contributed by atoms with E-state index in [9.17, 15) is 9.59 Å². The summed E-state index contributed by atoms with van der Waals surface area (Å²) in [6.45, 7) is 2.21. The van der Waals surface area contributed by atoms with E-state index in [1.165, 1.54) is 7.11 Å². The van der Waals surface area contributed by atoms with Gasteiger partial charge in [-0.25, -0.2) is 0 Å². The molecule has 0 aliphatic rings. The lowest BCUT2D eigenvalue weighted by Crippen LogP contribution is -2.33. The summed E-state index contributed by atoms with van der Waals surface area (Å²) in [5, 5.41) is 10.7. The Morgan fingerprint density at radius 2 is 1.77 bits per heavy atom. The molecule has 4 aromatic rings. The normalized spacial score (nSPS) is 10.6. The number of nitrogens with one attached hydrogen (secondary N) is 2. The molecule has 7 nitrogen and oxygen atoms in total. The fourth-order valence-electron chi connectivity index (χ4n) is 3.63. The third-order valence-electron chi connectivity index (χ3n) is 5.35. The standard InChI is InChI=1S/C27H25ClN4O3/c1-18-8-13-24(35-2)23(14-18)30-25(33)15-29-27(34)22-17-32(16-19-6-4-3-5-7-19)31-26(22)20-9-11-21(28)12-10-20/h3-14,17H,15-16H2,1-2H3,(H,29,34)(H,30,33). The molecule has 0 fully saturated rings. The summed E-state index contributed by atoms with van der Waals surface area (Å²) in [4.78, 5) is 25.7. The minimum atomic E-state index is -0.402. The van der Waals surface area contributed by atoms with Crippen molar-refractivity contribution in [3.8, 4) is 17.0 Å². The summed E-state index contributed by atoms with van der Waals surface area (Å²) in [6, 6.07) is 22.4. The quantitative estimate of drug-likeness (QED) is 0.368. The van der Waals surface area contributed by atoms with Crippen LogP contribution in [-0.2, 0) is 11.3 Å². The van der Waals surface area contributed by atoms with E-state index >= 15 is 0 Å². The molecule has 3 aromatic carbocycles. The van der Waals surface area contributed by atoms with Gasteiger partial charge in [-0.2, -0.15) is 5.10 Å². The number of nitrogens with zero attached hydrogens (tertiary/aromatic N) is 2. The number of aromatic nitrogens is 2. The molecule has 0 spiro atoms. The lowest BCUT2D eigenvalue weighted by molar-refractivity contribution is -0.115. The molecule has 0 unspecified atom stereocenters. The smallest absolute Gasteiger partial charge is 0.255 e. The van der Waals surface area contributed by atoms with Crippen LogP contribution in [0.5, 0.6) is 5.75 Å². The molecule has 35 heavy (non-hydrogen) atoms. The van der Waals surface area contributed by atoms with E-state index in [-0.39, 0.29) is 12.5 Å². The molecule has 1 heterocycles. The van der Waals surface area contributed by atoms with Gasteiger partial charge in [-0.3, -0.25) is 14.3 Å². The number of amides is 2. The maximum absolute atomic E-state index is 13.1. The van der Waals surface area contributed by atoms with Gasteiger partial charge in [0, 0.05) is 16.8 Å². The number of halogens is 1. The van der Waals surface area contributed by atoms with Crippen molar-refractivity contribution >= 4 is 29.1 Å². The van der Waals surface area contributed by atoms with Crippen molar-refractivity contribution in [3.63, 3.8) is 0 Å². The highest BCUT2D eigenvalue weighted by atomic mass is 35.5. The number of methoxy groups -OCH3 is 1. The van der Waals surface area contributed by atoms with E-state index in [1.54, 1.807) is 29.1 Å². The lowest BCUT2D eigenvalue weighted by atomic mass is 10.1. The average molecular weight is 489 g/mol. The number of anilines is 1. The van der Waals surface area contributed by atoms with Crippen LogP contribution in [0.15, 0.2) is 79.0 Å². The van der Waals surface area contributed by atoms with Gasteiger partial charge in [-0.05, 0) is 42.3 Å². The molecule has 178 valence electrons. The Bertz CT molecular complexity index is 1330. The van der Waals surface area contributed by atoms with Crippen LogP contribution in [-0.4, -0.2) is 35.2 Å². The first-order chi connectivity index (χ1) is 16.9. The van der Waals surface area contributed by atoms with Gasteiger partial charge in [-0.1, -0.05) is 60.1 Å². The van der Waals surface area contributed by atoms with E-state index in [1.807, 2.05) is 61.5 Å². The van der Waals surface area contributed by atoms with E-state index < -0.39 is 5.91 Å². The fourth-order valence-corrected chi connectivity index (χ4v) is 3.76. The van der Waals surface area contributed by atoms with Crippen LogP contribution in [0.25, 0.3) is 11.3 Å². The number of carbonyl (C=O) groups excluding carboxylic acids is 2. The Morgan fingerprint density at radius 3 is 2.49 bits per heavy atom. The molecule has 2 N–H and O–H groups in total. The highest BCUT2D eigenvalue weighted by Gasteiger charge is 2.19. The first-order valence-electron chi connectivity index (χ1n) is 11.0. The fraction of sp³-hybridized carbons (Fsp3) is 0.148. The molecule has 0 bridgehead atoms. The highest BCUT2D eigenvalue weighted by Crippen LogP contribution is 2.26. The summed E-state index contributed by atoms with van der Waals surface area (Å²) in [7, 11) is 1.54. The summed E-state index contributed by atoms with van der Waals surface area (Å²) in [6.07, 6.45) is 1.69. The van der Waals surface area contributed by atoms with Gasteiger partial charge >= 0.3 is 0 Å². The van der Waals surface area contributed by atoms with Gasteiger partial charge in [-0.15, -0.1) is 0 Å². The van der Waals surface area contributed by atoms with Crippen molar-refractivity contribution in [1.82, 2.24) is 15.1 Å². The minimum Gasteiger partial charge on any atom is -0.495 e. The Balaban J connectivity index is 1.52. The number of rotatable bonds is 8. The first-order valence-corrected chi connectivity index (χ1v) is 11.4. The lowest BCUT2D eigenvalue weighted by Gasteiger charge is -2.11. The molecule has 1 aromatic heterocycles. The number of hydrogen-bond donors (Lipinski definition) is 2. The van der Waals surface area contributed by atoms with Crippen molar-refractivity contribution in [3.05, 3.63) is 101 Å². The molecule has 0 aliphatic heterocycles. The number of benzene rings is 3. The van der Waals surface area contributed by atoms with E-state index in [0.29, 0.717) is 34.3 Å². The zero-order valence-electron chi connectivity index (χ0n) is 19.4. The predicted octanol–water partition coefficient (Wildman–Crippen LogP) is 4.94. The maximum atomic E-state index is 13.1. The van der Waals surface area contributed by atoms with Crippen LogP contribution < -0.4 is 15.4 Å². The van der Waals surface area contributed by atoms with Gasteiger partial charge in [0.2, 0.25) is 5.91 Å². The van der Waals surface area contributed by atoms with E-state index in [0.717, 1.165) is 16.7 Å². The zero-order chi connectivity index (χ0) is 24.8. The molecule has 2 amide bonds. The van der Waals surface area contributed by atoms with Gasteiger partial charge in [0.25, 0.3) is 5.91 Å². The van der Waals surface area contributed by atoms with Crippen molar-refractivity contribution < 1.29 is 14.3 Å². The molecule has 0 aliphatic carbocycles. The Hall–Kier alpha value is -4.10. The molecule has 4 rings (SSSR count). The Kier molecular flexibility index (Phi) is 7.48. The third kappa shape index (κ3) is 6.07. The molecule has 0 saturated carbocycles. The van der Waals surface area contributed by atoms with Crippen molar-refractivity contribution in [2.75, 3.05) is 19.0 Å². The van der Waals surface area contributed by atoms with Crippen molar-refractivity contribution in [2.24, 2.45) is 0 Å². The van der Waals surface area contributed by atoms with Gasteiger partial charge in [0.05, 0.1) is 31.5 Å². The van der Waals surface area contributed by atoms with Crippen LogP contribution in [0.2, 0.25) is 5.02 Å². The number of carbonyl (C=O) groups is 2. The number of hydrogen-bond acceptors (Lipinski definition) is 4. The average Bonchev–Trinajstić information content (AvgIpc) is 3.27. The third-order valence-corrected chi connectivity index (χ3v) is 5.60. The van der Waals surface area contributed by atoms with Crippen LogP contribution >= 0.6 is 11.6 Å². The topological polar surface area (TPSA) is 85.3 Å². The Labute approximate surface area is 208 Å². The summed E-state index contributed by atoms with van der Waals surface area (Å²) < 4.78 is 7.01. The first kappa shape index (κ1) is 24.0. The zero-order valence-corrected chi connectivity index (χ0v) is 20.2. The van der Waals surface area contributed by atoms with Crippen LogP contribution in [0.3, 0.4) is 0 Å². The summed E-state index contributed by atoms with van der Waals surface area (Å²) in [5.74, 6) is -0.227. The van der Waals surface area contributed by atoms with Crippen LogP contribution in [0.4, 0.5) is 5.69 Å². The predicted molar refractivity (Wildman–Crippen MR) is 137 cm³/mol. The second-order valence-corrected chi connectivity index (χ2v) is 8.45. The van der Waals surface area contributed by atoms with Gasteiger partial charge in [0.15, 0.2) is 0 Å². The van der Waals surface area contributed by atoms with Crippen LogP contribution in [0, 0.1) is 6.92 Å². The molecule has 8 heteroatoms. The highest BCUT2D eigenvalue weighted by molar-refractivity contribution is 6.30. The van der Waals surface area contributed by atoms with Crippen LogP contribution in [0.1, 0.15) is 21.5 Å². The second kappa shape index (κ2) is 10.9. The van der Waals surface area contributed by atoms with Crippen molar-refractivity contribution in [2.45, 2.75) is 13.5 Å². The number of ether oxygens (including phenoxy) is 1. The largest absolute Gasteiger partial charge is 0.495 e. The van der Waals surface area contributed by atoms with E-state index in [2.05, 4.69) is 15.7 Å². The molecular formula is C27H25ClN4O3. The minimum absolute atomic E-state index is 0.208. The summed E-state index contributed by atoms with van der Waals surface area (Å²) >= 11 is 6.04. The molecular weight excluding hydrogens is 464 g/mol. The van der Waals surface area contributed by atoms with E-state index in [4.69, 9.17) is 16.3 Å². The molecule has 0 saturated heterocycles. The Morgan fingerprint density at radius 1 is 1.03 bits per heavy atom.